The van der Waals surface area contributed by atoms with Gasteiger partial charge in [0.2, 0.25) is 0 Å². The molecule has 3 unspecified atom stereocenters. The number of carbonyl (C=O) groups excluding carboxylic acids is 4. The molecule has 54 heavy (non-hydrogen) atoms. The van der Waals surface area contributed by atoms with Crippen LogP contribution in [0.15, 0.2) is 42.5 Å². The Morgan fingerprint density at radius 1 is 0.778 bits per heavy atom. The lowest BCUT2D eigenvalue weighted by atomic mass is 9.86. The van der Waals surface area contributed by atoms with Gasteiger partial charge < -0.3 is 28.7 Å². The summed E-state index contributed by atoms with van der Waals surface area (Å²) in [6.07, 6.45) is 2.46. The Kier molecular flexibility index (Phi) is 14.3. The standard InChI is InChI=1S/2C20H25Cl2NO4/c1-5-26-17(24)16-13-11-23(18(25)27-19(2,3)4)9-8-20(13,16)12-6-7-14(21)15(22)10-12;1-5-26-18(24)12-15-10-14(13-6-7-16(21)17(22)11-13)8-9-23(15)19(25)27-20(2,3)4/h6-7,10,13,16H,5,8-9,11H2,1-4H3;6-7,10-11,15H,5,8-9,12H2,1-4H3/t13-,16?,20?;/m0./s1. The first-order valence-electron chi connectivity index (χ1n) is 18.1. The molecule has 10 nitrogen and oxygen atoms in total. The number of hydrogen-bond acceptors (Lipinski definition) is 8. The van der Waals surface area contributed by atoms with E-state index >= 15 is 0 Å². The highest BCUT2D eigenvalue weighted by atomic mass is 35.5. The van der Waals surface area contributed by atoms with Crippen LogP contribution in [0.4, 0.5) is 9.59 Å². The Morgan fingerprint density at radius 2 is 1.37 bits per heavy atom. The smallest absolute Gasteiger partial charge is 0.410 e. The molecule has 5 rings (SSSR count). The lowest BCUT2D eigenvalue weighted by molar-refractivity contribution is -0.146. The first-order valence-corrected chi connectivity index (χ1v) is 19.6. The first-order chi connectivity index (χ1) is 25.2. The molecule has 2 aliphatic heterocycles. The molecule has 2 aromatic carbocycles. The highest BCUT2D eigenvalue weighted by molar-refractivity contribution is 6.42. The Bertz CT molecular complexity index is 1750. The van der Waals surface area contributed by atoms with E-state index in [4.69, 9.17) is 65.4 Å². The van der Waals surface area contributed by atoms with Crippen LogP contribution in [0.5, 0.6) is 0 Å². The molecule has 0 N–H and O–H groups in total. The zero-order valence-corrected chi connectivity index (χ0v) is 35.1. The summed E-state index contributed by atoms with van der Waals surface area (Å²) in [5, 5.41) is 1.89. The SMILES string of the molecule is CCOC(=O)C1[C@@H]2CN(C(=O)OC(C)(C)C)CCC12c1ccc(Cl)c(Cl)c1.CCOC(=O)CC1C=C(c2ccc(Cl)c(Cl)c2)CCN1C(=O)OC(C)(C)C. The summed E-state index contributed by atoms with van der Waals surface area (Å²) in [6.45, 7) is 16.5. The second kappa shape index (κ2) is 17.7. The van der Waals surface area contributed by atoms with Crippen molar-refractivity contribution in [1.29, 1.82) is 0 Å². The van der Waals surface area contributed by atoms with E-state index in [-0.39, 0.29) is 41.7 Å². The number of amides is 2. The topological polar surface area (TPSA) is 112 Å². The maximum Gasteiger partial charge on any atom is 0.410 e. The van der Waals surface area contributed by atoms with E-state index in [2.05, 4.69) is 0 Å². The van der Waals surface area contributed by atoms with Crippen LogP contribution in [0.1, 0.15) is 85.8 Å². The third-order valence-corrected chi connectivity index (χ3v) is 10.9. The van der Waals surface area contributed by atoms with Crippen LogP contribution in [-0.4, -0.2) is 84.0 Å². The molecule has 1 saturated carbocycles. The lowest BCUT2D eigenvalue weighted by Gasteiger charge is -2.35. The van der Waals surface area contributed by atoms with E-state index in [1.54, 1.807) is 41.8 Å². The average Bonchev–Trinajstić information content (AvgIpc) is 3.75. The van der Waals surface area contributed by atoms with Crippen molar-refractivity contribution in [3.63, 3.8) is 0 Å². The van der Waals surface area contributed by atoms with Gasteiger partial charge >= 0.3 is 24.1 Å². The maximum absolute atomic E-state index is 12.6. The zero-order chi connectivity index (χ0) is 40.2. The van der Waals surface area contributed by atoms with E-state index in [1.165, 1.54) is 0 Å². The predicted octanol–water partition coefficient (Wildman–Crippen LogP) is 10.0. The molecule has 3 aliphatic rings. The number of esters is 2. The largest absolute Gasteiger partial charge is 0.466 e. The first kappa shape index (κ1) is 43.5. The van der Waals surface area contributed by atoms with Gasteiger partial charge in [0.15, 0.2) is 0 Å². The number of likely N-dealkylation sites (tertiary alicyclic amines) is 1. The summed E-state index contributed by atoms with van der Waals surface area (Å²) in [5.41, 5.74) is 1.37. The molecule has 0 bridgehead atoms. The minimum atomic E-state index is -0.612. The Balaban J connectivity index is 0.000000241. The van der Waals surface area contributed by atoms with E-state index in [9.17, 15) is 19.2 Å². The van der Waals surface area contributed by atoms with E-state index in [0.29, 0.717) is 65.8 Å². The van der Waals surface area contributed by atoms with Gasteiger partial charge in [-0.05, 0) is 109 Å². The molecule has 0 radical (unpaired) electrons. The Labute approximate surface area is 338 Å². The molecule has 1 aliphatic carbocycles. The molecule has 2 amide bonds. The molecular formula is C40H50Cl4N2O8. The number of rotatable bonds is 7. The van der Waals surface area contributed by atoms with Crippen molar-refractivity contribution in [2.45, 2.75) is 97.3 Å². The van der Waals surface area contributed by atoms with Gasteiger partial charge in [0, 0.05) is 31.0 Å². The summed E-state index contributed by atoms with van der Waals surface area (Å²) in [5.74, 6) is -0.889. The fourth-order valence-corrected chi connectivity index (χ4v) is 7.65. The summed E-state index contributed by atoms with van der Waals surface area (Å²) >= 11 is 24.4. The minimum Gasteiger partial charge on any atom is -0.466 e. The van der Waals surface area contributed by atoms with Gasteiger partial charge in [-0.3, -0.25) is 9.59 Å². The summed E-state index contributed by atoms with van der Waals surface area (Å²) in [6, 6.07) is 10.5. The normalized spacial score (nSPS) is 22.1. The molecule has 2 aromatic rings. The summed E-state index contributed by atoms with van der Waals surface area (Å²) in [7, 11) is 0. The van der Waals surface area contributed by atoms with Crippen molar-refractivity contribution in [2.24, 2.45) is 11.8 Å². The molecule has 4 atom stereocenters. The van der Waals surface area contributed by atoms with Crippen LogP contribution in [0.3, 0.4) is 0 Å². The second-order valence-electron chi connectivity index (χ2n) is 15.5. The van der Waals surface area contributed by atoms with E-state index in [0.717, 1.165) is 16.7 Å². The third-order valence-electron chi connectivity index (χ3n) is 9.39. The van der Waals surface area contributed by atoms with Crippen molar-refractivity contribution >= 4 is 76.1 Å². The quantitative estimate of drug-likeness (QED) is 0.200. The van der Waals surface area contributed by atoms with Crippen molar-refractivity contribution in [3.8, 4) is 0 Å². The molecule has 2 heterocycles. The number of hydrogen-bond donors (Lipinski definition) is 0. The van der Waals surface area contributed by atoms with E-state index < -0.39 is 23.3 Å². The minimum absolute atomic E-state index is 0.0185. The fraction of sp³-hybridized carbons (Fsp3) is 0.550. The molecule has 0 aromatic heterocycles. The van der Waals surface area contributed by atoms with Crippen LogP contribution < -0.4 is 0 Å². The molecule has 14 heteroatoms. The van der Waals surface area contributed by atoms with Crippen molar-refractivity contribution in [2.75, 3.05) is 32.8 Å². The molecule has 1 saturated heterocycles. The predicted molar refractivity (Wildman–Crippen MR) is 211 cm³/mol. The van der Waals surface area contributed by atoms with Gasteiger partial charge in [-0.15, -0.1) is 0 Å². The number of halogens is 4. The van der Waals surface area contributed by atoms with Crippen LogP contribution in [-0.2, 0) is 34.0 Å². The van der Waals surface area contributed by atoms with Crippen molar-refractivity contribution in [3.05, 3.63) is 73.7 Å². The van der Waals surface area contributed by atoms with Crippen molar-refractivity contribution < 1.29 is 38.1 Å². The van der Waals surface area contributed by atoms with Crippen LogP contribution in [0, 0.1) is 11.8 Å². The van der Waals surface area contributed by atoms with Gasteiger partial charge in [0.25, 0.3) is 0 Å². The van der Waals surface area contributed by atoms with Crippen LogP contribution >= 0.6 is 46.4 Å². The monoisotopic (exact) mass is 826 g/mol. The van der Waals surface area contributed by atoms with Gasteiger partial charge in [-0.25, -0.2) is 9.59 Å². The molecule has 0 spiro atoms. The van der Waals surface area contributed by atoms with Gasteiger partial charge in [0.05, 0.1) is 51.7 Å². The number of ether oxygens (including phenoxy) is 4. The second-order valence-corrected chi connectivity index (χ2v) is 17.1. The zero-order valence-electron chi connectivity index (χ0n) is 32.1. The summed E-state index contributed by atoms with van der Waals surface area (Å²) < 4.78 is 21.4. The number of fused-ring (bicyclic) bond motifs is 1. The molecule has 296 valence electrons. The van der Waals surface area contributed by atoms with E-state index in [1.807, 2.05) is 65.8 Å². The summed E-state index contributed by atoms with van der Waals surface area (Å²) in [4.78, 5) is 52.9. The van der Waals surface area contributed by atoms with Crippen LogP contribution in [0.25, 0.3) is 5.57 Å². The lowest BCUT2D eigenvalue weighted by Crippen LogP contribution is -2.46. The number of carbonyl (C=O) groups is 4. The van der Waals surface area contributed by atoms with Gasteiger partial charge in [-0.2, -0.15) is 0 Å². The fourth-order valence-electron chi connectivity index (χ4n) is 7.05. The maximum atomic E-state index is 12.6. The van der Waals surface area contributed by atoms with Crippen molar-refractivity contribution in [1.82, 2.24) is 9.80 Å². The third kappa shape index (κ3) is 10.8. The Morgan fingerprint density at radius 3 is 1.94 bits per heavy atom. The van der Waals surface area contributed by atoms with Gasteiger partial charge in [0.1, 0.15) is 11.2 Å². The highest BCUT2D eigenvalue weighted by Gasteiger charge is 2.71. The molecule has 2 fully saturated rings. The van der Waals surface area contributed by atoms with Crippen LogP contribution in [0.2, 0.25) is 20.1 Å². The van der Waals surface area contributed by atoms with Gasteiger partial charge in [-0.1, -0.05) is 64.6 Å². The highest BCUT2D eigenvalue weighted by Crippen LogP contribution is 2.65. The number of benzene rings is 2. The average molecular weight is 829 g/mol. The number of nitrogens with zero attached hydrogens (tertiary/aromatic N) is 2. The number of piperidine rings is 1. The molecular weight excluding hydrogens is 778 g/mol. The Hall–Kier alpha value is -3.18.